The second-order valence-corrected chi connectivity index (χ2v) is 8.33. The molecule has 0 bridgehead atoms. The third kappa shape index (κ3) is 5.64. The van der Waals surface area contributed by atoms with Gasteiger partial charge in [0.25, 0.3) is 5.91 Å². The summed E-state index contributed by atoms with van der Waals surface area (Å²) in [5.41, 5.74) is 4.76. The Bertz CT molecular complexity index is 1410. The minimum absolute atomic E-state index is 0.0778. The van der Waals surface area contributed by atoms with Gasteiger partial charge in [0.2, 0.25) is 0 Å². The predicted octanol–water partition coefficient (Wildman–Crippen LogP) is 5.22. The van der Waals surface area contributed by atoms with Gasteiger partial charge < -0.3 is 19.5 Å². The van der Waals surface area contributed by atoms with Gasteiger partial charge in [-0.1, -0.05) is 49.4 Å². The van der Waals surface area contributed by atoms with Crippen LogP contribution in [0.4, 0.5) is 5.69 Å². The van der Waals surface area contributed by atoms with E-state index in [1.54, 1.807) is 37.2 Å². The molecule has 0 saturated heterocycles. The summed E-state index contributed by atoms with van der Waals surface area (Å²) in [5, 5.41) is 7.37. The van der Waals surface area contributed by atoms with Gasteiger partial charge in [0.15, 0.2) is 23.8 Å². The van der Waals surface area contributed by atoms with Crippen molar-refractivity contribution in [2.75, 3.05) is 26.1 Å². The van der Waals surface area contributed by atoms with Crippen molar-refractivity contribution < 1.29 is 23.8 Å². The molecule has 1 aromatic heterocycles. The van der Waals surface area contributed by atoms with Crippen molar-refractivity contribution in [1.29, 1.82) is 0 Å². The number of hydrogen-bond donors (Lipinski definition) is 1. The zero-order valence-electron chi connectivity index (χ0n) is 21.3. The monoisotopic (exact) mass is 499 g/mol. The molecule has 4 aromatic rings. The minimum Gasteiger partial charge on any atom is -0.493 e. The molecule has 1 heterocycles. The van der Waals surface area contributed by atoms with Crippen LogP contribution in [0.3, 0.4) is 0 Å². The average Bonchev–Trinajstić information content (AvgIpc) is 3.38. The summed E-state index contributed by atoms with van der Waals surface area (Å²) < 4.78 is 17.8. The molecule has 37 heavy (non-hydrogen) atoms. The molecule has 1 N–H and O–H groups in total. The Morgan fingerprint density at radius 3 is 2.41 bits per heavy atom. The normalized spacial score (nSPS) is 10.6. The number of methoxy groups -OCH3 is 2. The van der Waals surface area contributed by atoms with Crippen LogP contribution in [0.1, 0.15) is 28.5 Å². The van der Waals surface area contributed by atoms with Crippen molar-refractivity contribution in [2.45, 2.75) is 20.3 Å². The molecule has 0 aliphatic carbocycles. The molecular weight excluding hydrogens is 470 g/mol. The topological polar surface area (TPSA) is 91.7 Å². The number of carbonyl (C=O) groups is 2. The molecule has 0 atom stereocenters. The SMILES string of the molecule is CCc1cccc(C)c1NC(=O)COC(=O)c1nn(-c2ccccc2)cc1-c1ccc(OC)c(OC)c1. The Balaban J connectivity index is 1.61. The summed E-state index contributed by atoms with van der Waals surface area (Å²) in [4.78, 5) is 25.8. The highest BCUT2D eigenvalue weighted by Gasteiger charge is 2.22. The number of benzene rings is 3. The van der Waals surface area contributed by atoms with E-state index >= 15 is 0 Å². The molecule has 0 aliphatic heterocycles. The number of aromatic nitrogens is 2. The van der Waals surface area contributed by atoms with Crippen LogP contribution in [-0.2, 0) is 16.0 Å². The number of aryl methyl sites for hydroxylation is 2. The molecule has 4 rings (SSSR count). The first-order valence-corrected chi connectivity index (χ1v) is 11.9. The number of nitrogens with one attached hydrogen (secondary N) is 1. The van der Waals surface area contributed by atoms with Crippen LogP contribution in [-0.4, -0.2) is 42.5 Å². The number of rotatable bonds is 9. The van der Waals surface area contributed by atoms with Gasteiger partial charge in [0.1, 0.15) is 0 Å². The molecule has 0 fully saturated rings. The fourth-order valence-corrected chi connectivity index (χ4v) is 4.03. The second kappa shape index (κ2) is 11.4. The smallest absolute Gasteiger partial charge is 0.360 e. The van der Waals surface area contributed by atoms with E-state index in [4.69, 9.17) is 14.2 Å². The van der Waals surface area contributed by atoms with Gasteiger partial charge >= 0.3 is 5.97 Å². The minimum atomic E-state index is -0.713. The zero-order valence-corrected chi connectivity index (χ0v) is 21.3. The van der Waals surface area contributed by atoms with Crippen LogP contribution < -0.4 is 14.8 Å². The summed E-state index contributed by atoms with van der Waals surface area (Å²) in [6.45, 7) is 3.50. The highest BCUT2D eigenvalue weighted by Crippen LogP contribution is 2.34. The van der Waals surface area contributed by atoms with Gasteiger partial charge in [0, 0.05) is 17.4 Å². The molecule has 8 nitrogen and oxygen atoms in total. The maximum absolute atomic E-state index is 13.2. The van der Waals surface area contributed by atoms with E-state index in [0.717, 1.165) is 28.9 Å². The molecule has 0 unspecified atom stereocenters. The first kappa shape index (κ1) is 25.5. The standard InChI is InChI=1S/C29H29N3O5/c1-5-20-11-9-10-19(2)27(20)30-26(33)18-37-29(34)28-23(17-32(31-28)22-12-7-6-8-13-22)21-14-15-24(35-3)25(16-21)36-4/h6-17H,5,18H2,1-4H3,(H,30,33). The van der Waals surface area contributed by atoms with E-state index in [0.29, 0.717) is 22.6 Å². The molecule has 1 amide bonds. The highest BCUT2D eigenvalue weighted by molar-refractivity contribution is 5.98. The first-order chi connectivity index (χ1) is 17.9. The lowest BCUT2D eigenvalue weighted by Crippen LogP contribution is -2.22. The van der Waals surface area contributed by atoms with E-state index in [2.05, 4.69) is 10.4 Å². The number of nitrogens with zero attached hydrogens (tertiary/aromatic N) is 2. The van der Waals surface area contributed by atoms with E-state index < -0.39 is 18.5 Å². The molecule has 0 spiro atoms. The number of hydrogen-bond acceptors (Lipinski definition) is 6. The van der Waals surface area contributed by atoms with Gasteiger partial charge in [-0.05, 0) is 54.3 Å². The maximum atomic E-state index is 13.2. The molecule has 0 aliphatic rings. The molecule has 8 heteroatoms. The number of para-hydroxylation sites is 2. The molecular formula is C29H29N3O5. The Labute approximate surface area is 215 Å². The van der Waals surface area contributed by atoms with E-state index in [1.807, 2.05) is 68.4 Å². The van der Waals surface area contributed by atoms with Gasteiger partial charge in [-0.25, -0.2) is 9.48 Å². The highest BCUT2D eigenvalue weighted by atomic mass is 16.5. The zero-order chi connectivity index (χ0) is 26.4. The summed E-state index contributed by atoms with van der Waals surface area (Å²) >= 11 is 0. The van der Waals surface area contributed by atoms with Gasteiger partial charge in [0.05, 0.1) is 19.9 Å². The van der Waals surface area contributed by atoms with E-state index in [1.165, 1.54) is 0 Å². The lowest BCUT2D eigenvalue weighted by atomic mass is 10.1. The Morgan fingerprint density at radius 1 is 0.946 bits per heavy atom. The van der Waals surface area contributed by atoms with Crippen LogP contribution >= 0.6 is 0 Å². The van der Waals surface area contributed by atoms with Crippen LogP contribution in [0.25, 0.3) is 16.8 Å². The Hall–Kier alpha value is -4.59. The fourth-order valence-electron chi connectivity index (χ4n) is 4.03. The second-order valence-electron chi connectivity index (χ2n) is 8.33. The number of anilines is 1. The molecule has 0 radical (unpaired) electrons. The van der Waals surface area contributed by atoms with Crippen molar-refractivity contribution in [3.8, 4) is 28.3 Å². The number of amides is 1. The van der Waals surface area contributed by atoms with Crippen LogP contribution in [0.15, 0.2) is 72.9 Å². The summed E-state index contributed by atoms with van der Waals surface area (Å²) in [7, 11) is 3.10. The molecule has 3 aromatic carbocycles. The predicted molar refractivity (Wildman–Crippen MR) is 142 cm³/mol. The largest absolute Gasteiger partial charge is 0.493 e. The van der Waals surface area contributed by atoms with Crippen LogP contribution in [0.5, 0.6) is 11.5 Å². The van der Waals surface area contributed by atoms with Crippen molar-refractivity contribution in [3.05, 3.63) is 89.7 Å². The number of esters is 1. The Morgan fingerprint density at radius 2 is 1.70 bits per heavy atom. The first-order valence-electron chi connectivity index (χ1n) is 11.9. The Kier molecular flexibility index (Phi) is 7.88. The van der Waals surface area contributed by atoms with Gasteiger partial charge in [-0.2, -0.15) is 5.10 Å². The lowest BCUT2D eigenvalue weighted by molar-refractivity contribution is -0.119. The van der Waals surface area contributed by atoms with Crippen molar-refractivity contribution in [3.63, 3.8) is 0 Å². The van der Waals surface area contributed by atoms with E-state index in [-0.39, 0.29) is 5.69 Å². The quantitative estimate of drug-likeness (QED) is 0.318. The summed E-state index contributed by atoms with van der Waals surface area (Å²) in [6, 6.07) is 20.6. The van der Waals surface area contributed by atoms with Crippen molar-refractivity contribution in [2.24, 2.45) is 0 Å². The lowest BCUT2D eigenvalue weighted by Gasteiger charge is -2.13. The van der Waals surface area contributed by atoms with Crippen molar-refractivity contribution >= 4 is 17.6 Å². The van der Waals surface area contributed by atoms with Crippen molar-refractivity contribution in [1.82, 2.24) is 9.78 Å². The molecule has 0 saturated carbocycles. The van der Waals surface area contributed by atoms with Gasteiger partial charge in [-0.15, -0.1) is 0 Å². The fraction of sp³-hybridized carbons (Fsp3) is 0.207. The summed E-state index contributed by atoms with van der Waals surface area (Å²) in [6.07, 6.45) is 2.51. The van der Waals surface area contributed by atoms with Crippen LogP contribution in [0, 0.1) is 6.92 Å². The number of carbonyl (C=O) groups excluding carboxylic acids is 2. The maximum Gasteiger partial charge on any atom is 0.360 e. The summed E-state index contributed by atoms with van der Waals surface area (Å²) in [5.74, 6) is -0.0658. The number of ether oxygens (including phenoxy) is 3. The van der Waals surface area contributed by atoms with Crippen LogP contribution in [0.2, 0.25) is 0 Å². The molecule has 190 valence electrons. The van der Waals surface area contributed by atoms with Gasteiger partial charge in [-0.3, -0.25) is 4.79 Å². The van der Waals surface area contributed by atoms with E-state index in [9.17, 15) is 9.59 Å². The third-order valence-corrected chi connectivity index (χ3v) is 5.96. The average molecular weight is 500 g/mol. The third-order valence-electron chi connectivity index (χ3n) is 5.96.